The topological polar surface area (TPSA) is 90.3 Å². The van der Waals surface area contributed by atoms with E-state index in [1.165, 1.54) is 28.0 Å². The van der Waals surface area contributed by atoms with Crippen LogP contribution in [-0.4, -0.2) is 64.8 Å². The normalized spacial score (nSPS) is 14.9. The second-order valence-corrected chi connectivity index (χ2v) is 4.65. The second kappa shape index (κ2) is 6.34. The van der Waals surface area contributed by atoms with Crippen LogP contribution in [-0.2, 0) is 4.74 Å². The van der Waals surface area contributed by atoms with Crippen molar-refractivity contribution in [3.05, 3.63) is 23.8 Å². The molecule has 1 aliphatic heterocycles. The average molecular weight is 294 g/mol. The van der Waals surface area contributed by atoms with Crippen LogP contribution in [0.3, 0.4) is 0 Å². The third-order valence-corrected chi connectivity index (χ3v) is 3.33. The van der Waals surface area contributed by atoms with Gasteiger partial charge in [0, 0.05) is 26.2 Å². The highest BCUT2D eigenvalue weighted by atomic mass is 16.6. The van der Waals surface area contributed by atoms with E-state index in [0.717, 1.165) is 0 Å². The van der Waals surface area contributed by atoms with Crippen LogP contribution in [0.25, 0.3) is 0 Å². The fraction of sp³-hybridized carbons (Fsp3) is 0.429. The van der Waals surface area contributed by atoms with Crippen molar-refractivity contribution < 1.29 is 24.5 Å². The molecule has 1 fully saturated rings. The molecule has 1 saturated heterocycles. The summed E-state index contributed by atoms with van der Waals surface area (Å²) >= 11 is 0. The smallest absolute Gasteiger partial charge is 0.409 e. The zero-order chi connectivity index (χ0) is 15.4. The highest BCUT2D eigenvalue weighted by Gasteiger charge is 2.28. The van der Waals surface area contributed by atoms with Gasteiger partial charge in [0.15, 0.2) is 0 Å². The number of carbonyl (C=O) groups excluding carboxylic acids is 2. The van der Waals surface area contributed by atoms with Crippen molar-refractivity contribution in [2.75, 3.05) is 32.8 Å². The maximum atomic E-state index is 12.3. The predicted octanol–water partition coefficient (Wildman–Crippen LogP) is 1.01. The molecule has 2 rings (SSSR count). The van der Waals surface area contributed by atoms with E-state index in [2.05, 4.69) is 0 Å². The number of carbonyl (C=O) groups is 2. The van der Waals surface area contributed by atoms with E-state index in [1.54, 1.807) is 6.92 Å². The summed E-state index contributed by atoms with van der Waals surface area (Å²) in [4.78, 5) is 26.9. The minimum absolute atomic E-state index is 0.109. The standard InChI is InChI=1S/C14H18N2O5/c1-2-21-14(20)16-8-6-15(7-9-16)13(19)12-10(17)4-3-5-11(12)18/h3-5,17-18H,2,6-9H2,1H3. The number of aromatic hydroxyl groups is 2. The number of rotatable bonds is 2. The first-order chi connectivity index (χ1) is 10.0. The average Bonchev–Trinajstić information content (AvgIpc) is 2.47. The van der Waals surface area contributed by atoms with Gasteiger partial charge in [0.1, 0.15) is 17.1 Å². The molecule has 1 aliphatic rings. The molecule has 0 aliphatic carbocycles. The molecule has 114 valence electrons. The Balaban J connectivity index is 2.02. The molecule has 0 atom stereocenters. The Bertz CT molecular complexity index is 518. The van der Waals surface area contributed by atoms with Crippen molar-refractivity contribution in [2.24, 2.45) is 0 Å². The Morgan fingerprint density at radius 1 is 1.10 bits per heavy atom. The van der Waals surface area contributed by atoms with Gasteiger partial charge in [0.25, 0.3) is 5.91 Å². The summed E-state index contributed by atoms with van der Waals surface area (Å²) in [5, 5.41) is 19.4. The highest BCUT2D eigenvalue weighted by Crippen LogP contribution is 2.28. The zero-order valence-corrected chi connectivity index (χ0v) is 11.8. The summed E-state index contributed by atoms with van der Waals surface area (Å²) in [5.74, 6) is -0.963. The van der Waals surface area contributed by atoms with E-state index < -0.39 is 12.0 Å². The van der Waals surface area contributed by atoms with E-state index in [0.29, 0.717) is 32.8 Å². The van der Waals surface area contributed by atoms with E-state index in [4.69, 9.17) is 4.74 Å². The molecule has 2 N–H and O–H groups in total. The molecule has 0 spiro atoms. The molecule has 0 radical (unpaired) electrons. The second-order valence-electron chi connectivity index (χ2n) is 4.65. The predicted molar refractivity (Wildman–Crippen MR) is 74.3 cm³/mol. The summed E-state index contributed by atoms with van der Waals surface area (Å²) in [5.41, 5.74) is -0.109. The van der Waals surface area contributed by atoms with Gasteiger partial charge in [-0.1, -0.05) is 6.07 Å². The minimum Gasteiger partial charge on any atom is -0.507 e. The molecule has 0 saturated carbocycles. The molecular weight excluding hydrogens is 276 g/mol. The van der Waals surface area contributed by atoms with Crippen LogP contribution in [0.5, 0.6) is 11.5 Å². The summed E-state index contributed by atoms with van der Waals surface area (Å²) in [6.07, 6.45) is -0.394. The fourth-order valence-corrected chi connectivity index (χ4v) is 2.21. The Morgan fingerprint density at radius 2 is 1.62 bits per heavy atom. The van der Waals surface area contributed by atoms with Crippen molar-refractivity contribution in [2.45, 2.75) is 6.92 Å². The fourth-order valence-electron chi connectivity index (χ4n) is 2.21. The van der Waals surface area contributed by atoms with Crippen LogP contribution < -0.4 is 0 Å². The number of hydrogen-bond acceptors (Lipinski definition) is 5. The highest BCUT2D eigenvalue weighted by molar-refractivity contribution is 5.99. The summed E-state index contributed by atoms with van der Waals surface area (Å²) in [6, 6.07) is 4.16. The number of hydrogen-bond donors (Lipinski definition) is 2. The third kappa shape index (κ3) is 3.18. The first-order valence-electron chi connectivity index (χ1n) is 6.76. The molecule has 0 aromatic heterocycles. The van der Waals surface area contributed by atoms with Gasteiger partial charge in [-0.3, -0.25) is 4.79 Å². The monoisotopic (exact) mass is 294 g/mol. The van der Waals surface area contributed by atoms with Crippen molar-refractivity contribution in [3.63, 3.8) is 0 Å². The number of amides is 2. The van der Waals surface area contributed by atoms with Gasteiger partial charge in [-0.25, -0.2) is 4.79 Å². The van der Waals surface area contributed by atoms with E-state index in [-0.39, 0.29) is 17.1 Å². The Morgan fingerprint density at radius 3 is 2.14 bits per heavy atom. The summed E-state index contributed by atoms with van der Waals surface area (Å²) < 4.78 is 4.90. The molecule has 7 heteroatoms. The van der Waals surface area contributed by atoms with Crippen LogP contribution in [0.1, 0.15) is 17.3 Å². The lowest BCUT2D eigenvalue weighted by Crippen LogP contribution is -2.50. The zero-order valence-electron chi connectivity index (χ0n) is 11.8. The van der Waals surface area contributed by atoms with Gasteiger partial charge in [0.05, 0.1) is 6.61 Å². The molecular formula is C14H18N2O5. The number of piperazine rings is 1. The number of phenolic OH excluding ortho intramolecular Hbond substituents is 2. The van der Waals surface area contributed by atoms with Crippen molar-refractivity contribution in [1.82, 2.24) is 9.80 Å². The van der Waals surface area contributed by atoms with Gasteiger partial charge < -0.3 is 24.7 Å². The summed E-state index contributed by atoms with van der Waals surface area (Å²) in [7, 11) is 0. The SMILES string of the molecule is CCOC(=O)N1CCN(C(=O)c2c(O)cccc2O)CC1. The molecule has 7 nitrogen and oxygen atoms in total. The molecule has 1 heterocycles. The van der Waals surface area contributed by atoms with Crippen LogP contribution in [0.4, 0.5) is 4.79 Å². The number of phenols is 2. The minimum atomic E-state index is -0.450. The lowest BCUT2D eigenvalue weighted by atomic mass is 10.1. The molecule has 0 bridgehead atoms. The van der Waals surface area contributed by atoms with Gasteiger partial charge in [-0.15, -0.1) is 0 Å². The largest absolute Gasteiger partial charge is 0.507 e. The maximum Gasteiger partial charge on any atom is 0.409 e. The Labute approximate surface area is 122 Å². The van der Waals surface area contributed by atoms with Crippen LogP contribution in [0.2, 0.25) is 0 Å². The number of nitrogens with zero attached hydrogens (tertiary/aromatic N) is 2. The summed E-state index contributed by atoms with van der Waals surface area (Å²) in [6.45, 7) is 3.41. The number of benzene rings is 1. The number of ether oxygens (including phenoxy) is 1. The van der Waals surface area contributed by atoms with Crippen LogP contribution in [0.15, 0.2) is 18.2 Å². The van der Waals surface area contributed by atoms with Gasteiger partial charge >= 0.3 is 6.09 Å². The lowest BCUT2D eigenvalue weighted by molar-refractivity contribution is 0.0565. The van der Waals surface area contributed by atoms with Crippen molar-refractivity contribution in [3.8, 4) is 11.5 Å². The van der Waals surface area contributed by atoms with E-state index in [1.807, 2.05) is 0 Å². The first-order valence-corrected chi connectivity index (χ1v) is 6.76. The lowest BCUT2D eigenvalue weighted by Gasteiger charge is -2.34. The maximum absolute atomic E-state index is 12.3. The van der Waals surface area contributed by atoms with E-state index >= 15 is 0 Å². The molecule has 1 aromatic carbocycles. The molecule has 21 heavy (non-hydrogen) atoms. The Hall–Kier alpha value is -2.44. The van der Waals surface area contributed by atoms with Crippen molar-refractivity contribution in [1.29, 1.82) is 0 Å². The van der Waals surface area contributed by atoms with Gasteiger partial charge in [0.2, 0.25) is 0 Å². The van der Waals surface area contributed by atoms with Crippen LogP contribution >= 0.6 is 0 Å². The van der Waals surface area contributed by atoms with Crippen LogP contribution in [0, 0.1) is 0 Å². The quantitative estimate of drug-likeness (QED) is 0.849. The first kappa shape index (κ1) is 15.0. The van der Waals surface area contributed by atoms with E-state index in [9.17, 15) is 19.8 Å². The molecule has 0 unspecified atom stereocenters. The molecule has 2 amide bonds. The van der Waals surface area contributed by atoms with Crippen molar-refractivity contribution >= 4 is 12.0 Å². The molecule has 1 aromatic rings. The van der Waals surface area contributed by atoms with Gasteiger partial charge in [-0.05, 0) is 19.1 Å². The Kier molecular flexibility index (Phi) is 4.52. The third-order valence-electron chi connectivity index (χ3n) is 3.33. The van der Waals surface area contributed by atoms with Gasteiger partial charge in [-0.2, -0.15) is 0 Å².